The normalized spacial score (nSPS) is 15.0. The Hall–Kier alpha value is -3.14. The number of amides is 2. The number of hydrogen-bond acceptors (Lipinski definition) is 2. The van der Waals surface area contributed by atoms with Crippen molar-refractivity contribution in [1.29, 1.82) is 0 Å². The number of likely N-dealkylation sites (tertiary alicyclic amines) is 1. The van der Waals surface area contributed by atoms with E-state index >= 15 is 0 Å². The first-order valence-corrected chi connectivity index (χ1v) is 9.33. The Morgan fingerprint density at radius 3 is 2.15 bits per heavy atom. The minimum atomic E-state index is -0.277. The third kappa shape index (κ3) is 5.42. The monoisotopic (exact) mass is 360 g/mol. The number of carbonyl (C=O) groups excluding carboxylic acids is 2. The lowest BCUT2D eigenvalue weighted by atomic mass is 10.1. The van der Waals surface area contributed by atoms with Gasteiger partial charge in [-0.25, -0.2) is 0 Å². The van der Waals surface area contributed by atoms with Gasteiger partial charge in [0.25, 0.3) is 11.8 Å². The highest BCUT2D eigenvalue weighted by Gasteiger charge is 2.21. The van der Waals surface area contributed by atoms with Gasteiger partial charge in [-0.05, 0) is 43.0 Å². The van der Waals surface area contributed by atoms with Gasteiger partial charge in [0.2, 0.25) is 0 Å². The van der Waals surface area contributed by atoms with Crippen molar-refractivity contribution in [1.82, 2.24) is 10.2 Å². The number of piperidine rings is 1. The van der Waals surface area contributed by atoms with Crippen LogP contribution in [0.4, 0.5) is 0 Å². The Morgan fingerprint density at radius 1 is 0.852 bits per heavy atom. The van der Waals surface area contributed by atoms with Gasteiger partial charge in [0.15, 0.2) is 0 Å². The summed E-state index contributed by atoms with van der Waals surface area (Å²) in [6, 6.07) is 18.8. The maximum atomic E-state index is 12.9. The molecule has 0 atom stereocenters. The van der Waals surface area contributed by atoms with E-state index in [0.29, 0.717) is 11.3 Å². The predicted molar refractivity (Wildman–Crippen MR) is 108 cm³/mol. The minimum Gasteiger partial charge on any atom is -0.337 e. The maximum Gasteiger partial charge on any atom is 0.270 e. The minimum absolute atomic E-state index is 0.128. The zero-order valence-electron chi connectivity index (χ0n) is 15.3. The second-order valence-corrected chi connectivity index (χ2v) is 6.52. The number of rotatable bonds is 5. The molecule has 0 radical (unpaired) electrons. The summed E-state index contributed by atoms with van der Waals surface area (Å²) in [7, 11) is 0. The van der Waals surface area contributed by atoms with Crippen LogP contribution in [0.5, 0.6) is 0 Å². The zero-order valence-corrected chi connectivity index (χ0v) is 15.3. The molecule has 0 aromatic heterocycles. The third-order valence-corrected chi connectivity index (χ3v) is 4.51. The first kappa shape index (κ1) is 18.6. The van der Waals surface area contributed by atoms with Gasteiger partial charge in [0.1, 0.15) is 5.70 Å². The Labute approximate surface area is 160 Å². The highest BCUT2D eigenvalue weighted by Crippen LogP contribution is 2.12. The third-order valence-electron chi connectivity index (χ3n) is 4.51. The fourth-order valence-corrected chi connectivity index (χ4v) is 3.04. The van der Waals surface area contributed by atoms with E-state index in [1.165, 1.54) is 0 Å². The zero-order chi connectivity index (χ0) is 18.9. The van der Waals surface area contributed by atoms with Crippen LogP contribution in [0, 0.1) is 0 Å². The average Bonchev–Trinajstić information content (AvgIpc) is 2.74. The summed E-state index contributed by atoms with van der Waals surface area (Å²) < 4.78 is 0. The van der Waals surface area contributed by atoms with E-state index in [1.54, 1.807) is 36.4 Å². The summed E-state index contributed by atoms with van der Waals surface area (Å²) in [6.07, 6.45) is 8.56. The van der Waals surface area contributed by atoms with Crippen LogP contribution in [0.1, 0.15) is 35.2 Å². The number of benzene rings is 2. The number of nitrogens with zero attached hydrogens (tertiary/aromatic N) is 1. The van der Waals surface area contributed by atoms with Gasteiger partial charge in [-0.15, -0.1) is 0 Å². The number of hydrogen-bond donors (Lipinski definition) is 1. The Bertz CT molecular complexity index is 820. The molecule has 27 heavy (non-hydrogen) atoms. The summed E-state index contributed by atoms with van der Waals surface area (Å²) in [5, 5.41) is 2.80. The van der Waals surface area contributed by atoms with Crippen molar-refractivity contribution in [3.05, 3.63) is 89.6 Å². The largest absolute Gasteiger partial charge is 0.337 e. The van der Waals surface area contributed by atoms with Crippen molar-refractivity contribution in [3.63, 3.8) is 0 Å². The fraction of sp³-hybridized carbons (Fsp3) is 0.217. The SMILES string of the molecule is O=C(N/C(=C/C=C/c1ccccc1)C(=O)N1CCCCC1)c1ccccc1. The standard InChI is InChI=1S/C23H24N2O2/c26-22(20-14-6-2-7-15-20)24-21(23(27)25-17-8-3-9-18-25)16-10-13-19-11-4-1-5-12-19/h1-2,4-7,10-16H,3,8-9,17-18H2,(H,24,26)/b13-10+,21-16+. The van der Waals surface area contributed by atoms with Gasteiger partial charge < -0.3 is 10.2 Å². The molecule has 1 N–H and O–H groups in total. The van der Waals surface area contributed by atoms with Gasteiger partial charge in [0, 0.05) is 18.7 Å². The molecule has 4 heteroatoms. The molecule has 3 rings (SSSR count). The van der Waals surface area contributed by atoms with Crippen molar-refractivity contribution >= 4 is 17.9 Å². The van der Waals surface area contributed by atoms with Crippen molar-refractivity contribution in [2.24, 2.45) is 0 Å². The van der Waals surface area contributed by atoms with Crippen LogP contribution in [0.3, 0.4) is 0 Å². The molecule has 2 amide bonds. The molecule has 1 fully saturated rings. The average molecular weight is 360 g/mol. The van der Waals surface area contributed by atoms with Crippen molar-refractivity contribution < 1.29 is 9.59 Å². The van der Waals surface area contributed by atoms with Crippen LogP contribution in [0.15, 0.2) is 78.5 Å². The highest BCUT2D eigenvalue weighted by molar-refractivity contribution is 6.03. The van der Waals surface area contributed by atoms with E-state index < -0.39 is 0 Å². The lowest BCUT2D eigenvalue weighted by molar-refractivity contribution is -0.128. The second kappa shape index (κ2) is 9.53. The van der Waals surface area contributed by atoms with Crippen LogP contribution >= 0.6 is 0 Å². The predicted octanol–water partition coefficient (Wildman–Crippen LogP) is 4.03. The second-order valence-electron chi connectivity index (χ2n) is 6.52. The van der Waals surface area contributed by atoms with E-state index in [9.17, 15) is 9.59 Å². The lowest BCUT2D eigenvalue weighted by Crippen LogP contribution is -2.41. The van der Waals surface area contributed by atoms with E-state index in [1.807, 2.05) is 47.4 Å². The first-order chi connectivity index (χ1) is 13.2. The van der Waals surface area contributed by atoms with Gasteiger partial charge in [-0.2, -0.15) is 0 Å². The van der Waals surface area contributed by atoms with Crippen LogP contribution in [0.25, 0.3) is 6.08 Å². The summed E-state index contributed by atoms with van der Waals surface area (Å²) >= 11 is 0. The molecular formula is C23H24N2O2. The van der Waals surface area contributed by atoms with Crippen LogP contribution < -0.4 is 5.32 Å². The molecule has 4 nitrogen and oxygen atoms in total. The topological polar surface area (TPSA) is 49.4 Å². The molecule has 1 aliphatic heterocycles. The van der Waals surface area contributed by atoms with Crippen molar-refractivity contribution in [2.75, 3.05) is 13.1 Å². The number of allylic oxidation sites excluding steroid dienone is 2. The Balaban J connectivity index is 1.79. The fourth-order valence-electron chi connectivity index (χ4n) is 3.04. The molecular weight excluding hydrogens is 336 g/mol. The molecule has 1 aliphatic rings. The van der Waals surface area contributed by atoms with Crippen molar-refractivity contribution in [3.8, 4) is 0 Å². The molecule has 0 bridgehead atoms. The Morgan fingerprint density at radius 2 is 1.48 bits per heavy atom. The molecule has 1 heterocycles. The molecule has 0 aliphatic carbocycles. The molecule has 1 saturated heterocycles. The van der Waals surface area contributed by atoms with Gasteiger partial charge >= 0.3 is 0 Å². The number of nitrogens with one attached hydrogen (secondary N) is 1. The maximum absolute atomic E-state index is 12.9. The summed E-state index contributed by atoms with van der Waals surface area (Å²) in [5.74, 6) is -0.406. The molecule has 2 aromatic carbocycles. The van der Waals surface area contributed by atoms with Gasteiger partial charge in [-0.1, -0.05) is 60.7 Å². The highest BCUT2D eigenvalue weighted by atomic mass is 16.2. The van der Waals surface area contributed by atoms with Crippen LogP contribution in [-0.4, -0.2) is 29.8 Å². The first-order valence-electron chi connectivity index (χ1n) is 9.33. The molecule has 0 unspecified atom stereocenters. The van der Waals surface area contributed by atoms with E-state index in [0.717, 1.165) is 37.9 Å². The van der Waals surface area contributed by atoms with E-state index in [2.05, 4.69) is 5.32 Å². The van der Waals surface area contributed by atoms with E-state index in [4.69, 9.17) is 0 Å². The molecule has 0 saturated carbocycles. The molecule has 0 spiro atoms. The summed E-state index contributed by atoms with van der Waals surface area (Å²) in [5.41, 5.74) is 1.87. The number of carbonyl (C=O) groups is 2. The summed E-state index contributed by atoms with van der Waals surface area (Å²) in [4.78, 5) is 27.3. The Kier molecular flexibility index (Phi) is 6.58. The molecule has 138 valence electrons. The van der Waals surface area contributed by atoms with Crippen LogP contribution in [-0.2, 0) is 4.79 Å². The van der Waals surface area contributed by atoms with Crippen LogP contribution in [0.2, 0.25) is 0 Å². The van der Waals surface area contributed by atoms with Gasteiger partial charge in [-0.3, -0.25) is 9.59 Å². The molecule has 2 aromatic rings. The van der Waals surface area contributed by atoms with Gasteiger partial charge in [0.05, 0.1) is 0 Å². The lowest BCUT2D eigenvalue weighted by Gasteiger charge is -2.27. The smallest absolute Gasteiger partial charge is 0.270 e. The quantitative estimate of drug-likeness (QED) is 0.647. The summed E-state index contributed by atoms with van der Waals surface area (Å²) in [6.45, 7) is 1.47. The van der Waals surface area contributed by atoms with E-state index in [-0.39, 0.29) is 11.8 Å². The van der Waals surface area contributed by atoms with Crippen molar-refractivity contribution in [2.45, 2.75) is 19.3 Å².